The van der Waals surface area contributed by atoms with Crippen LogP contribution in [0.4, 0.5) is 26.2 Å². The topological polar surface area (TPSA) is 66.8 Å². The lowest BCUT2D eigenvalue weighted by Gasteiger charge is -2.18. The van der Waals surface area contributed by atoms with Crippen LogP contribution in [0.1, 0.15) is 5.56 Å². The molecule has 2 aromatic heterocycles. The maximum Gasteiger partial charge on any atom is 0.249 e. The first-order valence-electron chi connectivity index (χ1n) is 7.63. The first-order chi connectivity index (χ1) is 12.1. The largest absolute Gasteiger partial charge is 0.358 e. The summed E-state index contributed by atoms with van der Waals surface area (Å²) >= 11 is 0. The van der Waals surface area contributed by atoms with Crippen LogP contribution in [-0.4, -0.2) is 33.8 Å². The molecule has 0 bridgehead atoms. The number of hydrogen-bond acceptors (Lipinski definition) is 6. The zero-order valence-electron chi connectivity index (χ0n) is 13.5. The Kier molecular flexibility index (Phi) is 5.08. The second kappa shape index (κ2) is 7.61. The summed E-state index contributed by atoms with van der Waals surface area (Å²) in [5.41, 5.74) is 1.52. The lowest BCUT2D eigenvalue weighted by atomic mass is 10.2. The van der Waals surface area contributed by atoms with Gasteiger partial charge in [0.15, 0.2) is 17.5 Å². The van der Waals surface area contributed by atoms with E-state index in [2.05, 4.69) is 25.5 Å². The number of aromatic nitrogens is 4. The van der Waals surface area contributed by atoms with Crippen LogP contribution in [0.2, 0.25) is 0 Å². The van der Waals surface area contributed by atoms with Gasteiger partial charge in [0.2, 0.25) is 5.95 Å². The molecule has 25 heavy (non-hydrogen) atoms. The van der Waals surface area contributed by atoms with Crippen molar-refractivity contribution in [2.75, 3.05) is 23.8 Å². The predicted molar refractivity (Wildman–Crippen MR) is 90.7 cm³/mol. The number of pyridine rings is 1. The van der Waals surface area contributed by atoms with E-state index >= 15 is 0 Å². The fraction of sp³-hybridized carbons (Fsp3) is 0.176. The predicted octanol–water partition coefficient (Wildman–Crippen LogP) is 2.97. The number of rotatable bonds is 6. The number of nitrogens with one attached hydrogen (secondary N) is 1. The molecule has 0 aliphatic heterocycles. The van der Waals surface area contributed by atoms with Crippen LogP contribution >= 0.6 is 0 Å². The lowest BCUT2D eigenvalue weighted by Crippen LogP contribution is -2.22. The first-order valence-corrected chi connectivity index (χ1v) is 7.63. The van der Waals surface area contributed by atoms with Crippen molar-refractivity contribution in [3.8, 4) is 0 Å². The zero-order chi connectivity index (χ0) is 17.6. The Morgan fingerprint density at radius 2 is 1.88 bits per heavy atom. The van der Waals surface area contributed by atoms with Gasteiger partial charge in [0.25, 0.3) is 0 Å². The van der Waals surface area contributed by atoms with Gasteiger partial charge < -0.3 is 10.2 Å². The summed E-state index contributed by atoms with van der Waals surface area (Å²) in [6.45, 7) is 0.729. The number of halogens is 2. The molecule has 8 heteroatoms. The number of benzene rings is 1. The molecule has 0 unspecified atom stereocenters. The van der Waals surface area contributed by atoms with E-state index in [-0.39, 0.29) is 5.95 Å². The second-order valence-electron chi connectivity index (χ2n) is 5.42. The van der Waals surface area contributed by atoms with E-state index in [1.165, 1.54) is 11.6 Å². The third kappa shape index (κ3) is 4.43. The van der Waals surface area contributed by atoms with Crippen LogP contribution in [0.3, 0.4) is 0 Å². The van der Waals surface area contributed by atoms with Gasteiger partial charge in [-0.1, -0.05) is 0 Å². The van der Waals surface area contributed by atoms with Gasteiger partial charge in [-0.3, -0.25) is 4.98 Å². The highest BCUT2D eigenvalue weighted by atomic mass is 19.2. The molecule has 1 aromatic carbocycles. The quantitative estimate of drug-likeness (QED) is 0.743. The van der Waals surface area contributed by atoms with Crippen molar-refractivity contribution < 1.29 is 8.78 Å². The van der Waals surface area contributed by atoms with Crippen molar-refractivity contribution in [1.29, 1.82) is 0 Å². The summed E-state index contributed by atoms with van der Waals surface area (Å²) in [7, 11) is 1.90. The Balaban J connectivity index is 1.66. The van der Waals surface area contributed by atoms with Crippen LogP contribution in [0.25, 0.3) is 0 Å². The van der Waals surface area contributed by atoms with Crippen LogP contribution < -0.4 is 10.2 Å². The highest BCUT2D eigenvalue weighted by molar-refractivity contribution is 5.54. The maximum atomic E-state index is 13.3. The molecule has 0 spiro atoms. The van der Waals surface area contributed by atoms with Gasteiger partial charge in [0.1, 0.15) is 0 Å². The second-order valence-corrected chi connectivity index (χ2v) is 5.42. The molecule has 3 rings (SSSR count). The molecular weight excluding hydrogens is 326 g/mol. The van der Waals surface area contributed by atoms with Gasteiger partial charge in [-0.2, -0.15) is 10.1 Å². The normalized spacial score (nSPS) is 10.5. The van der Waals surface area contributed by atoms with Gasteiger partial charge >= 0.3 is 0 Å². The zero-order valence-corrected chi connectivity index (χ0v) is 13.5. The molecule has 0 saturated heterocycles. The average Bonchev–Trinajstić information content (AvgIpc) is 2.64. The Hall–Kier alpha value is -3.16. The standard InChI is InChI=1S/C17H16F2N6/c1-25(9-6-12-4-7-20-8-5-12)16-11-21-24-17(23-16)22-13-2-3-14(18)15(19)10-13/h2-5,7-8,10-11H,6,9H2,1H3,(H,22,23,24). The Morgan fingerprint density at radius 1 is 1.08 bits per heavy atom. The third-order valence-electron chi connectivity index (χ3n) is 3.60. The van der Waals surface area contributed by atoms with Crippen molar-refractivity contribution in [1.82, 2.24) is 20.2 Å². The van der Waals surface area contributed by atoms with Crippen molar-refractivity contribution >= 4 is 17.5 Å². The minimum atomic E-state index is -0.941. The van der Waals surface area contributed by atoms with E-state index in [9.17, 15) is 8.78 Å². The van der Waals surface area contributed by atoms with Crippen LogP contribution in [0.15, 0.2) is 48.9 Å². The summed E-state index contributed by atoms with van der Waals surface area (Å²) in [5.74, 6) is -1.02. The van der Waals surface area contributed by atoms with Gasteiger partial charge in [0.05, 0.1) is 6.20 Å². The first kappa shape index (κ1) is 16.7. The minimum absolute atomic E-state index is 0.208. The molecule has 0 fully saturated rings. The van der Waals surface area contributed by atoms with Crippen LogP contribution in [0, 0.1) is 11.6 Å². The number of hydrogen-bond donors (Lipinski definition) is 1. The summed E-state index contributed by atoms with van der Waals surface area (Å²) in [5, 5.41) is 10.6. The van der Waals surface area contributed by atoms with E-state index in [4.69, 9.17) is 0 Å². The van der Waals surface area contributed by atoms with Crippen LogP contribution in [-0.2, 0) is 6.42 Å². The number of likely N-dealkylation sites (N-methyl/N-ethyl adjacent to an activating group) is 1. The molecule has 0 saturated carbocycles. The molecule has 0 aliphatic carbocycles. The molecule has 2 heterocycles. The molecule has 0 atom stereocenters. The summed E-state index contributed by atoms with van der Waals surface area (Å²) in [6.07, 6.45) is 5.88. The SMILES string of the molecule is CN(CCc1ccncc1)c1cnnc(Nc2ccc(F)c(F)c2)n1. The fourth-order valence-corrected chi connectivity index (χ4v) is 2.20. The number of nitrogens with zero attached hydrogens (tertiary/aromatic N) is 5. The molecule has 128 valence electrons. The summed E-state index contributed by atoms with van der Waals surface area (Å²) < 4.78 is 26.2. The summed E-state index contributed by atoms with van der Waals surface area (Å²) in [4.78, 5) is 10.3. The molecule has 6 nitrogen and oxygen atoms in total. The van der Waals surface area contributed by atoms with E-state index in [0.717, 1.165) is 25.1 Å². The van der Waals surface area contributed by atoms with Gasteiger partial charge in [-0.25, -0.2) is 8.78 Å². The molecule has 0 amide bonds. The molecule has 3 aromatic rings. The maximum absolute atomic E-state index is 13.3. The fourth-order valence-electron chi connectivity index (χ4n) is 2.20. The highest BCUT2D eigenvalue weighted by Crippen LogP contribution is 2.17. The van der Waals surface area contributed by atoms with E-state index < -0.39 is 11.6 Å². The lowest BCUT2D eigenvalue weighted by molar-refractivity contribution is 0.509. The molecular formula is C17H16F2N6. The minimum Gasteiger partial charge on any atom is -0.358 e. The van der Waals surface area contributed by atoms with E-state index in [0.29, 0.717) is 11.5 Å². The van der Waals surface area contributed by atoms with Crippen molar-refractivity contribution in [3.63, 3.8) is 0 Å². The van der Waals surface area contributed by atoms with E-state index in [1.807, 2.05) is 24.1 Å². The third-order valence-corrected chi connectivity index (χ3v) is 3.60. The van der Waals surface area contributed by atoms with Crippen molar-refractivity contribution in [2.45, 2.75) is 6.42 Å². The molecule has 0 radical (unpaired) electrons. The Labute approximate surface area is 143 Å². The number of anilines is 3. The van der Waals surface area contributed by atoms with E-state index in [1.54, 1.807) is 18.6 Å². The molecule has 0 aliphatic rings. The van der Waals surface area contributed by atoms with Crippen molar-refractivity contribution in [2.24, 2.45) is 0 Å². The van der Waals surface area contributed by atoms with Gasteiger partial charge in [0, 0.05) is 37.7 Å². The average molecular weight is 342 g/mol. The monoisotopic (exact) mass is 342 g/mol. The summed E-state index contributed by atoms with van der Waals surface area (Å²) in [6, 6.07) is 7.40. The highest BCUT2D eigenvalue weighted by Gasteiger charge is 2.08. The Morgan fingerprint density at radius 3 is 2.64 bits per heavy atom. The molecule has 1 N–H and O–H groups in total. The smallest absolute Gasteiger partial charge is 0.249 e. The Bertz CT molecular complexity index is 844. The van der Waals surface area contributed by atoms with Gasteiger partial charge in [-0.05, 0) is 36.2 Å². The van der Waals surface area contributed by atoms with Crippen LogP contribution in [0.5, 0.6) is 0 Å². The van der Waals surface area contributed by atoms with Crippen molar-refractivity contribution in [3.05, 3.63) is 66.1 Å². The van der Waals surface area contributed by atoms with Gasteiger partial charge in [-0.15, -0.1) is 5.10 Å².